The minimum Gasteiger partial charge on any atom is -0.396 e. The molecule has 19 heavy (non-hydrogen) atoms. The van der Waals surface area contributed by atoms with Gasteiger partial charge in [-0.3, -0.25) is 4.79 Å². The number of ether oxygens (including phenoxy) is 1. The van der Waals surface area contributed by atoms with Gasteiger partial charge >= 0.3 is 0 Å². The predicted molar refractivity (Wildman–Crippen MR) is 75.0 cm³/mol. The molecule has 1 rings (SSSR count). The lowest BCUT2D eigenvalue weighted by atomic mass is 10.1. The highest BCUT2D eigenvalue weighted by Gasteiger charge is 2.06. The van der Waals surface area contributed by atoms with Gasteiger partial charge in [0.1, 0.15) is 0 Å². The van der Waals surface area contributed by atoms with Gasteiger partial charge in [0.2, 0.25) is 0 Å². The first-order valence-corrected chi connectivity index (χ1v) is 6.64. The Kier molecular flexibility index (Phi) is 7.15. The zero-order chi connectivity index (χ0) is 14.1. The average Bonchev–Trinajstić information content (AvgIpc) is 2.43. The molecule has 1 aromatic carbocycles. The molecule has 0 aliphatic heterocycles. The van der Waals surface area contributed by atoms with Crippen LogP contribution in [0.4, 0.5) is 0 Å². The Morgan fingerprint density at radius 1 is 1.47 bits per heavy atom. The maximum Gasteiger partial charge on any atom is 0.251 e. The molecule has 0 saturated carbocycles. The molecule has 0 bridgehead atoms. The van der Waals surface area contributed by atoms with E-state index in [1.54, 1.807) is 13.2 Å². The number of carbonyl (C=O) groups is 1. The SMILES string of the molecule is COCc1cccc(C(=O)NCCCC(C)CO)c1. The van der Waals surface area contributed by atoms with Gasteiger partial charge in [-0.15, -0.1) is 0 Å². The first kappa shape index (κ1) is 15.7. The van der Waals surface area contributed by atoms with Gasteiger partial charge in [0.05, 0.1) is 6.61 Å². The number of amides is 1. The van der Waals surface area contributed by atoms with Gasteiger partial charge in [-0.2, -0.15) is 0 Å². The summed E-state index contributed by atoms with van der Waals surface area (Å²) in [6.07, 6.45) is 1.80. The zero-order valence-electron chi connectivity index (χ0n) is 11.7. The zero-order valence-corrected chi connectivity index (χ0v) is 11.7. The first-order valence-electron chi connectivity index (χ1n) is 6.64. The van der Waals surface area contributed by atoms with Crippen LogP contribution in [-0.2, 0) is 11.3 Å². The molecule has 1 atom stereocenters. The second kappa shape index (κ2) is 8.67. The molecular weight excluding hydrogens is 242 g/mol. The van der Waals surface area contributed by atoms with E-state index in [4.69, 9.17) is 9.84 Å². The molecule has 0 heterocycles. The molecule has 2 N–H and O–H groups in total. The number of benzene rings is 1. The van der Waals surface area contributed by atoms with Crippen molar-refractivity contribution >= 4 is 5.91 Å². The fourth-order valence-electron chi connectivity index (χ4n) is 1.81. The van der Waals surface area contributed by atoms with E-state index in [9.17, 15) is 4.79 Å². The van der Waals surface area contributed by atoms with Crippen LogP contribution in [0.15, 0.2) is 24.3 Å². The van der Waals surface area contributed by atoms with Crippen molar-refractivity contribution in [3.05, 3.63) is 35.4 Å². The van der Waals surface area contributed by atoms with Crippen molar-refractivity contribution < 1.29 is 14.6 Å². The highest BCUT2D eigenvalue weighted by molar-refractivity contribution is 5.94. The van der Waals surface area contributed by atoms with Crippen LogP contribution in [-0.4, -0.2) is 31.3 Å². The smallest absolute Gasteiger partial charge is 0.251 e. The highest BCUT2D eigenvalue weighted by atomic mass is 16.5. The molecule has 0 aliphatic rings. The topological polar surface area (TPSA) is 58.6 Å². The van der Waals surface area contributed by atoms with E-state index in [2.05, 4.69) is 5.32 Å². The molecular formula is C15H23NO3. The van der Waals surface area contributed by atoms with Gasteiger partial charge in [-0.1, -0.05) is 19.1 Å². The summed E-state index contributed by atoms with van der Waals surface area (Å²) in [5.41, 5.74) is 1.65. The summed E-state index contributed by atoms with van der Waals surface area (Å²) in [7, 11) is 1.63. The van der Waals surface area contributed by atoms with Gasteiger partial charge in [0, 0.05) is 25.8 Å². The third-order valence-corrected chi connectivity index (χ3v) is 2.97. The molecule has 4 nitrogen and oxygen atoms in total. The minimum atomic E-state index is -0.0606. The Hall–Kier alpha value is -1.39. The van der Waals surface area contributed by atoms with Crippen molar-refractivity contribution in [2.45, 2.75) is 26.4 Å². The number of nitrogens with one attached hydrogen (secondary N) is 1. The lowest BCUT2D eigenvalue weighted by molar-refractivity contribution is 0.0951. The van der Waals surface area contributed by atoms with Gasteiger partial charge in [-0.25, -0.2) is 0 Å². The molecule has 0 aliphatic carbocycles. The molecule has 1 amide bonds. The second-order valence-electron chi connectivity index (χ2n) is 4.82. The summed E-state index contributed by atoms with van der Waals surface area (Å²) >= 11 is 0. The molecule has 0 fully saturated rings. The summed E-state index contributed by atoms with van der Waals surface area (Å²) < 4.78 is 5.04. The number of hydrogen-bond acceptors (Lipinski definition) is 3. The largest absolute Gasteiger partial charge is 0.396 e. The Morgan fingerprint density at radius 3 is 2.95 bits per heavy atom. The molecule has 0 aromatic heterocycles. The van der Waals surface area contributed by atoms with Crippen LogP contribution in [0.5, 0.6) is 0 Å². The molecule has 0 saturated heterocycles. The molecule has 1 unspecified atom stereocenters. The maximum atomic E-state index is 11.9. The van der Waals surface area contributed by atoms with Gasteiger partial charge in [-0.05, 0) is 36.5 Å². The van der Waals surface area contributed by atoms with E-state index >= 15 is 0 Å². The van der Waals surface area contributed by atoms with Crippen LogP contribution < -0.4 is 5.32 Å². The maximum absolute atomic E-state index is 11.9. The van der Waals surface area contributed by atoms with Crippen LogP contribution in [0.3, 0.4) is 0 Å². The van der Waals surface area contributed by atoms with Crippen molar-refractivity contribution in [1.82, 2.24) is 5.32 Å². The molecule has 0 radical (unpaired) electrons. The van der Waals surface area contributed by atoms with Crippen LogP contribution in [0.2, 0.25) is 0 Å². The van der Waals surface area contributed by atoms with Crippen LogP contribution in [0.25, 0.3) is 0 Å². The quantitative estimate of drug-likeness (QED) is 0.707. The second-order valence-corrected chi connectivity index (χ2v) is 4.82. The van der Waals surface area contributed by atoms with Crippen LogP contribution in [0, 0.1) is 5.92 Å². The van der Waals surface area contributed by atoms with Gasteiger partial charge in [0.25, 0.3) is 5.91 Å². The number of methoxy groups -OCH3 is 1. The van der Waals surface area contributed by atoms with Crippen molar-refractivity contribution in [2.24, 2.45) is 5.92 Å². The summed E-state index contributed by atoms with van der Waals surface area (Å²) in [4.78, 5) is 11.9. The van der Waals surface area contributed by atoms with Crippen LogP contribution in [0.1, 0.15) is 35.7 Å². The molecule has 1 aromatic rings. The Balaban J connectivity index is 2.38. The fraction of sp³-hybridized carbons (Fsp3) is 0.533. The standard InChI is InChI=1S/C15H23NO3/c1-12(10-17)5-4-8-16-15(18)14-7-3-6-13(9-14)11-19-2/h3,6-7,9,12,17H,4-5,8,10-11H2,1-2H3,(H,16,18). The third kappa shape index (κ3) is 5.85. The van der Waals surface area contributed by atoms with Crippen molar-refractivity contribution in [3.63, 3.8) is 0 Å². The van der Waals surface area contributed by atoms with E-state index in [-0.39, 0.29) is 12.5 Å². The average molecular weight is 265 g/mol. The molecule has 106 valence electrons. The Labute approximate surface area is 114 Å². The third-order valence-electron chi connectivity index (χ3n) is 2.97. The molecule has 0 spiro atoms. The van der Waals surface area contributed by atoms with Crippen molar-refractivity contribution in [2.75, 3.05) is 20.3 Å². The first-order chi connectivity index (χ1) is 9.17. The number of aliphatic hydroxyl groups is 1. The number of rotatable bonds is 8. The number of hydrogen-bond donors (Lipinski definition) is 2. The van der Waals surface area contributed by atoms with Crippen LogP contribution >= 0.6 is 0 Å². The summed E-state index contributed by atoms with van der Waals surface area (Å²) in [6.45, 7) is 3.34. The van der Waals surface area contributed by atoms with E-state index in [0.29, 0.717) is 24.6 Å². The Bertz CT molecular complexity index is 393. The Morgan fingerprint density at radius 2 is 2.26 bits per heavy atom. The summed E-state index contributed by atoms with van der Waals surface area (Å²) in [6, 6.07) is 7.43. The van der Waals surface area contributed by atoms with E-state index in [1.807, 2.05) is 25.1 Å². The van der Waals surface area contributed by atoms with Gasteiger partial charge < -0.3 is 15.2 Å². The summed E-state index contributed by atoms with van der Waals surface area (Å²) in [5, 5.41) is 11.8. The van der Waals surface area contributed by atoms with E-state index < -0.39 is 0 Å². The number of aliphatic hydroxyl groups excluding tert-OH is 1. The monoisotopic (exact) mass is 265 g/mol. The van der Waals surface area contributed by atoms with Crippen molar-refractivity contribution in [1.29, 1.82) is 0 Å². The molecule has 4 heteroatoms. The predicted octanol–water partition coefficient (Wildman–Crippen LogP) is 1.97. The van der Waals surface area contributed by atoms with Gasteiger partial charge in [0.15, 0.2) is 0 Å². The summed E-state index contributed by atoms with van der Waals surface area (Å²) in [5.74, 6) is 0.233. The fourth-order valence-corrected chi connectivity index (χ4v) is 1.81. The lowest BCUT2D eigenvalue weighted by Crippen LogP contribution is -2.25. The lowest BCUT2D eigenvalue weighted by Gasteiger charge is -2.09. The van der Waals surface area contributed by atoms with E-state index in [1.165, 1.54) is 0 Å². The number of carbonyl (C=O) groups excluding carboxylic acids is 1. The normalized spacial score (nSPS) is 12.2. The van der Waals surface area contributed by atoms with Crippen molar-refractivity contribution in [3.8, 4) is 0 Å². The minimum absolute atomic E-state index is 0.0606. The van der Waals surface area contributed by atoms with E-state index in [0.717, 1.165) is 18.4 Å². The highest BCUT2D eigenvalue weighted by Crippen LogP contribution is 2.07.